The van der Waals surface area contributed by atoms with Gasteiger partial charge in [-0.1, -0.05) is 18.2 Å². The molecule has 4 amide bonds. The molecule has 3 atom stereocenters. The number of nitrogens with zero attached hydrogens (tertiary/aromatic N) is 2. The van der Waals surface area contributed by atoms with Crippen LogP contribution in [0.4, 0.5) is 0 Å². The van der Waals surface area contributed by atoms with E-state index in [0.717, 1.165) is 12.0 Å². The van der Waals surface area contributed by atoms with Gasteiger partial charge in [-0.25, -0.2) is 0 Å². The quantitative estimate of drug-likeness (QED) is 0.670. The van der Waals surface area contributed by atoms with Crippen molar-refractivity contribution in [3.05, 3.63) is 35.4 Å². The first-order chi connectivity index (χ1) is 15.1. The van der Waals surface area contributed by atoms with Gasteiger partial charge in [0, 0.05) is 49.6 Å². The molecule has 3 aliphatic rings. The standard InChI is InChI=1S/C24H32N4O4/c1-24(2,3)26-20(29)8-10-25-22(31)19-13-16-12-18(16)28(19)21(30)9-11-27-14-15-6-4-5-7-17(15)23(27)32/h4-7,16,18-19H,8-14H2,1-3H3,(H,25,31)(H,26,29)/t16-,18-,19-/m0/s1. The second-order valence-electron chi connectivity index (χ2n) is 10.1. The third-order valence-electron chi connectivity index (χ3n) is 6.35. The van der Waals surface area contributed by atoms with E-state index >= 15 is 0 Å². The van der Waals surface area contributed by atoms with Crippen LogP contribution in [0.1, 0.15) is 62.4 Å². The summed E-state index contributed by atoms with van der Waals surface area (Å²) in [7, 11) is 0. The fourth-order valence-corrected chi connectivity index (χ4v) is 4.80. The molecule has 1 aromatic carbocycles. The molecular formula is C24H32N4O4. The summed E-state index contributed by atoms with van der Waals surface area (Å²) in [5, 5.41) is 5.70. The molecule has 32 heavy (non-hydrogen) atoms. The van der Waals surface area contributed by atoms with Gasteiger partial charge in [0.25, 0.3) is 5.91 Å². The molecule has 0 unspecified atom stereocenters. The molecule has 1 saturated heterocycles. The number of benzene rings is 1. The van der Waals surface area contributed by atoms with Crippen LogP contribution in [0.2, 0.25) is 0 Å². The van der Waals surface area contributed by atoms with Gasteiger partial charge in [-0.05, 0) is 51.2 Å². The Morgan fingerprint density at radius 3 is 2.56 bits per heavy atom. The zero-order valence-electron chi connectivity index (χ0n) is 19.0. The molecular weight excluding hydrogens is 408 g/mol. The fraction of sp³-hybridized carbons (Fsp3) is 0.583. The second-order valence-corrected chi connectivity index (χ2v) is 10.1. The van der Waals surface area contributed by atoms with E-state index < -0.39 is 6.04 Å². The van der Waals surface area contributed by atoms with Crippen LogP contribution in [-0.4, -0.2) is 64.1 Å². The maximum Gasteiger partial charge on any atom is 0.254 e. The molecule has 0 radical (unpaired) electrons. The Kier molecular flexibility index (Phi) is 5.97. The molecule has 1 aliphatic carbocycles. The van der Waals surface area contributed by atoms with Crippen molar-refractivity contribution in [3.63, 3.8) is 0 Å². The second kappa shape index (κ2) is 8.56. The molecule has 4 rings (SSSR count). The van der Waals surface area contributed by atoms with Gasteiger partial charge in [0.15, 0.2) is 0 Å². The summed E-state index contributed by atoms with van der Waals surface area (Å²) in [4.78, 5) is 53.7. The summed E-state index contributed by atoms with van der Waals surface area (Å²) >= 11 is 0. The van der Waals surface area contributed by atoms with Gasteiger partial charge in [0.2, 0.25) is 17.7 Å². The van der Waals surface area contributed by atoms with Crippen LogP contribution >= 0.6 is 0 Å². The lowest BCUT2D eigenvalue weighted by molar-refractivity contribution is -0.140. The van der Waals surface area contributed by atoms with Crippen molar-refractivity contribution in [2.45, 2.75) is 70.6 Å². The summed E-state index contributed by atoms with van der Waals surface area (Å²) in [6.07, 6.45) is 2.02. The third kappa shape index (κ3) is 4.79. The Labute approximate surface area is 188 Å². The lowest BCUT2D eigenvalue weighted by atomic mass is 10.1. The van der Waals surface area contributed by atoms with E-state index in [9.17, 15) is 19.2 Å². The summed E-state index contributed by atoms with van der Waals surface area (Å²) in [5.74, 6) is -0.0436. The zero-order chi connectivity index (χ0) is 23.0. The summed E-state index contributed by atoms with van der Waals surface area (Å²) in [6, 6.07) is 7.16. The Morgan fingerprint density at radius 2 is 1.84 bits per heavy atom. The number of nitrogens with one attached hydrogen (secondary N) is 2. The predicted octanol–water partition coefficient (Wildman–Crippen LogP) is 1.44. The van der Waals surface area contributed by atoms with Crippen molar-refractivity contribution in [2.24, 2.45) is 5.92 Å². The molecule has 0 spiro atoms. The van der Waals surface area contributed by atoms with Crippen LogP contribution in [0.5, 0.6) is 0 Å². The number of piperidine rings is 1. The SMILES string of the molecule is CC(C)(C)NC(=O)CCNC(=O)[C@@H]1C[C@@H]2C[C@@H]2N1C(=O)CCN1Cc2ccccc2C1=O. The predicted molar refractivity (Wildman–Crippen MR) is 118 cm³/mol. The van der Waals surface area contributed by atoms with Crippen LogP contribution in [0, 0.1) is 5.92 Å². The third-order valence-corrected chi connectivity index (χ3v) is 6.35. The van der Waals surface area contributed by atoms with Crippen LogP contribution < -0.4 is 10.6 Å². The average molecular weight is 441 g/mol. The number of rotatable bonds is 7. The molecule has 172 valence electrons. The van der Waals surface area contributed by atoms with Gasteiger partial charge in [-0.15, -0.1) is 0 Å². The van der Waals surface area contributed by atoms with E-state index in [1.54, 1.807) is 9.80 Å². The summed E-state index contributed by atoms with van der Waals surface area (Å²) in [5.41, 5.74) is 1.38. The highest BCUT2D eigenvalue weighted by molar-refractivity contribution is 5.98. The minimum Gasteiger partial charge on any atom is -0.354 e. The molecule has 0 bridgehead atoms. The Morgan fingerprint density at radius 1 is 1.09 bits per heavy atom. The first-order valence-corrected chi connectivity index (χ1v) is 11.4. The van der Waals surface area contributed by atoms with E-state index in [1.807, 2.05) is 45.0 Å². The number of carbonyl (C=O) groups excluding carboxylic acids is 4. The van der Waals surface area contributed by atoms with Crippen LogP contribution in [0.15, 0.2) is 24.3 Å². The van der Waals surface area contributed by atoms with Crippen LogP contribution in [0.25, 0.3) is 0 Å². The highest BCUT2D eigenvalue weighted by Crippen LogP contribution is 2.48. The number of likely N-dealkylation sites (tertiary alicyclic amines) is 1. The largest absolute Gasteiger partial charge is 0.354 e. The average Bonchev–Trinajstić information content (AvgIpc) is 3.26. The van der Waals surface area contributed by atoms with E-state index in [0.29, 0.717) is 31.0 Å². The molecule has 1 aromatic rings. The van der Waals surface area contributed by atoms with Gasteiger partial charge < -0.3 is 20.4 Å². The van der Waals surface area contributed by atoms with Gasteiger partial charge in [-0.2, -0.15) is 0 Å². The molecule has 8 nitrogen and oxygen atoms in total. The smallest absolute Gasteiger partial charge is 0.254 e. The molecule has 1 saturated carbocycles. The van der Waals surface area contributed by atoms with Crippen molar-refractivity contribution in [3.8, 4) is 0 Å². The first-order valence-electron chi connectivity index (χ1n) is 11.4. The highest BCUT2D eigenvalue weighted by atomic mass is 16.2. The van der Waals surface area contributed by atoms with Crippen molar-refractivity contribution in [1.82, 2.24) is 20.4 Å². The van der Waals surface area contributed by atoms with E-state index in [4.69, 9.17) is 0 Å². The van der Waals surface area contributed by atoms with Crippen LogP contribution in [-0.2, 0) is 20.9 Å². The Balaban J connectivity index is 1.27. The lowest BCUT2D eigenvalue weighted by Crippen LogP contribution is -2.49. The van der Waals surface area contributed by atoms with Gasteiger partial charge in [0.05, 0.1) is 0 Å². The number of amides is 4. The first kappa shape index (κ1) is 22.3. The minimum absolute atomic E-state index is 0.0399. The highest BCUT2D eigenvalue weighted by Gasteiger charge is 2.55. The molecule has 2 N–H and O–H groups in total. The maximum atomic E-state index is 13.0. The van der Waals surface area contributed by atoms with E-state index in [2.05, 4.69) is 10.6 Å². The normalized spacial score (nSPS) is 23.6. The molecule has 2 fully saturated rings. The van der Waals surface area contributed by atoms with Crippen molar-refractivity contribution in [2.75, 3.05) is 13.1 Å². The fourth-order valence-electron chi connectivity index (χ4n) is 4.80. The number of hydrogen-bond donors (Lipinski definition) is 2. The number of hydrogen-bond acceptors (Lipinski definition) is 4. The van der Waals surface area contributed by atoms with Gasteiger partial charge >= 0.3 is 0 Å². The van der Waals surface area contributed by atoms with Crippen molar-refractivity contribution < 1.29 is 19.2 Å². The number of fused-ring (bicyclic) bond motifs is 2. The summed E-state index contributed by atoms with van der Waals surface area (Å²) in [6.45, 7) is 6.84. The maximum absolute atomic E-state index is 13.0. The minimum atomic E-state index is -0.483. The molecule has 2 aliphatic heterocycles. The van der Waals surface area contributed by atoms with E-state index in [-0.39, 0.29) is 54.6 Å². The monoisotopic (exact) mass is 440 g/mol. The molecule has 8 heteroatoms. The Bertz CT molecular complexity index is 938. The zero-order valence-corrected chi connectivity index (χ0v) is 19.0. The molecule has 2 heterocycles. The van der Waals surface area contributed by atoms with Crippen molar-refractivity contribution >= 4 is 23.6 Å². The lowest BCUT2D eigenvalue weighted by Gasteiger charge is -2.28. The van der Waals surface area contributed by atoms with Gasteiger partial charge in [-0.3, -0.25) is 19.2 Å². The van der Waals surface area contributed by atoms with Gasteiger partial charge in [0.1, 0.15) is 6.04 Å². The molecule has 0 aromatic heterocycles. The van der Waals surface area contributed by atoms with Crippen molar-refractivity contribution in [1.29, 1.82) is 0 Å². The summed E-state index contributed by atoms with van der Waals surface area (Å²) < 4.78 is 0. The number of carbonyl (C=O) groups is 4. The van der Waals surface area contributed by atoms with Crippen LogP contribution in [0.3, 0.4) is 0 Å². The topological polar surface area (TPSA) is 98.8 Å². The Hall–Kier alpha value is -2.90. The van der Waals surface area contributed by atoms with E-state index in [1.165, 1.54) is 0 Å².